The lowest BCUT2D eigenvalue weighted by molar-refractivity contribution is -0.385. The summed E-state index contributed by atoms with van der Waals surface area (Å²) in [5, 5.41) is 13.6. The van der Waals surface area contributed by atoms with Crippen molar-refractivity contribution in [1.82, 2.24) is 10.3 Å². The van der Waals surface area contributed by atoms with E-state index in [1.807, 2.05) is 11.8 Å². The molecule has 0 atom stereocenters. The lowest BCUT2D eigenvalue weighted by atomic mass is 10.2. The predicted molar refractivity (Wildman–Crippen MR) is 85.1 cm³/mol. The first kappa shape index (κ1) is 17.7. The first-order valence-corrected chi connectivity index (χ1v) is 8.40. The van der Waals surface area contributed by atoms with Gasteiger partial charge in [-0.2, -0.15) is 11.8 Å². The maximum atomic E-state index is 12.0. The molecule has 1 heterocycles. The maximum Gasteiger partial charge on any atom is 0.300 e. The number of hydrogen-bond donors (Lipinski definition) is 1. The maximum absolute atomic E-state index is 12.0. The molecule has 21 heavy (non-hydrogen) atoms. The molecule has 1 amide bonds. The minimum Gasteiger partial charge on any atom is -0.352 e. The number of pyridine rings is 1. The summed E-state index contributed by atoms with van der Waals surface area (Å²) in [5.41, 5.74) is -0.390. The molecule has 0 fully saturated rings. The highest BCUT2D eigenvalue weighted by atomic mass is 35.5. The number of nitrogens with zero attached hydrogens (tertiary/aromatic N) is 2. The van der Waals surface area contributed by atoms with Crippen LogP contribution >= 0.6 is 23.4 Å². The van der Waals surface area contributed by atoms with E-state index in [1.54, 1.807) is 0 Å². The zero-order valence-corrected chi connectivity index (χ0v) is 13.4. The van der Waals surface area contributed by atoms with Gasteiger partial charge >= 0.3 is 0 Å². The van der Waals surface area contributed by atoms with Gasteiger partial charge in [-0.3, -0.25) is 14.9 Å². The van der Waals surface area contributed by atoms with Gasteiger partial charge in [0.25, 0.3) is 11.6 Å². The Morgan fingerprint density at radius 2 is 2.14 bits per heavy atom. The number of aromatic nitrogens is 1. The van der Waals surface area contributed by atoms with Gasteiger partial charge in [-0.05, 0) is 30.9 Å². The molecule has 1 rings (SSSR count). The summed E-state index contributed by atoms with van der Waals surface area (Å²) in [6.45, 7) is 0.495. The van der Waals surface area contributed by atoms with Crippen molar-refractivity contribution in [2.75, 3.05) is 18.6 Å². The van der Waals surface area contributed by atoms with Crippen molar-refractivity contribution in [1.29, 1.82) is 0 Å². The van der Waals surface area contributed by atoms with Crippen LogP contribution in [0, 0.1) is 10.1 Å². The highest BCUT2D eigenvalue weighted by molar-refractivity contribution is 7.98. The van der Waals surface area contributed by atoms with Crippen molar-refractivity contribution in [3.63, 3.8) is 0 Å². The standard InChI is InChI=1S/C13H18ClN3O3S/c1-21-7-5-3-2-4-6-15-13(18)10-8-12(14)16-9-11(10)17(19)20/h8-9H,2-7H2,1H3,(H,15,18). The molecule has 0 bridgehead atoms. The fraction of sp³-hybridized carbons (Fsp3) is 0.538. The average Bonchev–Trinajstić information content (AvgIpc) is 2.45. The number of halogens is 1. The Kier molecular flexibility index (Phi) is 8.07. The summed E-state index contributed by atoms with van der Waals surface area (Å²) in [7, 11) is 0. The van der Waals surface area contributed by atoms with E-state index in [-0.39, 0.29) is 16.4 Å². The molecule has 0 spiro atoms. The molecule has 0 saturated carbocycles. The second-order valence-electron chi connectivity index (χ2n) is 4.44. The summed E-state index contributed by atoms with van der Waals surface area (Å²) in [6.07, 6.45) is 7.25. The topological polar surface area (TPSA) is 85.1 Å². The van der Waals surface area contributed by atoms with Gasteiger partial charge in [-0.15, -0.1) is 0 Å². The molecule has 0 aliphatic carbocycles. The van der Waals surface area contributed by atoms with Crippen molar-refractivity contribution in [3.8, 4) is 0 Å². The summed E-state index contributed by atoms with van der Waals surface area (Å²) in [4.78, 5) is 25.8. The molecule has 6 nitrogen and oxygen atoms in total. The largest absolute Gasteiger partial charge is 0.352 e. The van der Waals surface area contributed by atoms with Crippen LogP contribution in [0.4, 0.5) is 5.69 Å². The molecule has 0 aliphatic heterocycles. The van der Waals surface area contributed by atoms with E-state index >= 15 is 0 Å². The lowest BCUT2D eigenvalue weighted by Crippen LogP contribution is -2.25. The van der Waals surface area contributed by atoms with Gasteiger partial charge in [0.05, 0.1) is 4.92 Å². The lowest BCUT2D eigenvalue weighted by Gasteiger charge is -2.06. The molecular formula is C13H18ClN3O3S. The van der Waals surface area contributed by atoms with Crippen molar-refractivity contribution in [2.45, 2.75) is 25.7 Å². The normalized spacial score (nSPS) is 10.4. The van der Waals surface area contributed by atoms with E-state index in [0.717, 1.165) is 31.2 Å². The summed E-state index contributed by atoms with van der Waals surface area (Å²) in [5.74, 6) is 0.656. The number of nitrogens with one attached hydrogen (secondary N) is 1. The third kappa shape index (κ3) is 6.31. The number of carbonyl (C=O) groups is 1. The molecule has 0 aliphatic rings. The van der Waals surface area contributed by atoms with Crippen LogP contribution in [0.15, 0.2) is 12.3 Å². The van der Waals surface area contributed by atoms with Crippen LogP contribution in [-0.2, 0) is 0 Å². The summed E-state index contributed by atoms with van der Waals surface area (Å²) in [6, 6.07) is 1.22. The highest BCUT2D eigenvalue weighted by Gasteiger charge is 2.20. The van der Waals surface area contributed by atoms with E-state index in [1.165, 1.54) is 12.5 Å². The zero-order chi connectivity index (χ0) is 15.7. The van der Waals surface area contributed by atoms with E-state index in [0.29, 0.717) is 6.54 Å². The van der Waals surface area contributed by atoms with Gasteiger partial charge in [-0.25, -0.2) is 4.98 Å². The van der Waals surface area contributed by atoms with Gasteiger partial charge in [0.15, 0.2) is 0 Å². The van der Waals surface area contributed by atoms with E-state index in [4.69, 9.17) is 11.6 Å². The fourth-order valence-corrected chi connectivity index (χ4v) is 2.42. The molecule has 0 radical (unpaired) electrons. The molecule has 0 aromatic carbocycles. The second kappa shape index (κ2) is 9.57. The number of nitro groups is 1. The number of thioether (sulfide) groups is 1. The number of rotatable bonds is 9. The van der Waals surface area contributed by atoms with Crippen molar-refractivity contribution in [3.05, 3.63) is 33.1 Å². The third-order valence-electron chi connectivity index (χ3n) is 2.85. The second-order valence-corrected chi connectivity index (χ2v) is 5.82. The Bertz CT molecular complexity index is 500. The van der Waals surface area contributed by atoms with Gasteiger partial charge in [0, 0.05) is 6.54 Å². The van der Waals surface area contributed by atoms with Crippen LogP contribution in [0.1, 0.15) is 36.0 Å². The average molecular weight is 332 g/mol. The van der Waals surface area contributed by atoms with Gasteiger partial charge in [0.2, 0.25) is 0 Å². The third-order valence-corrected chi connectivity index (χ3v) is 3.76. The minimum atomic E-state index is -0.638. The summed E-state index contributed by atoms with van der Waals surface area (Å²) < 4.78 is 0. The number of amides is 1. The minimum absolute atomic E-state index is 0.0533. The van der Waals surface area contributed by atoms with Crippen LogP contribution in [0.3, 0.4) is 0 Å². The Labute approximate surface area is 132 Å². The number of carbonyl (C=O) groups excluding carboxylic acids is 1. The Balaban J connectivity index is 2.45. The monoisotopic (exact) mass is 331 g/mol. The van der Waals surface area contributed by atoms with Crippen LogP contribution in [0.25, 0.3) is 0 Å². The molecule has 1 aromatic rings. The molecule has 0 unspecified atom stereocenters. The molecule has 1 N–H and O–H groups in total. The predicted octanol–water partition coefficient (Wildman–Crippen LogP) is 3.30. The van der Waals surface area contributed by atoms with Crippen LogP contribution < -0.4 is 5.32 Å². The molecule has 1 aromatic heterocycles. The van der Waals surface area contributed by atoms with Gasteiger partial charge in [-0.1, -0.05) is 24.4 Å². The van der Waals surface area contributed by atoms with Gasteiger partial charge < -0.3 is 5.32 Å². The van der Waals surface area contributed by atoms with E-state index < -0.39 is 10.8 Å². The smallest absolute Gasteiger partial charge is 0.300 e. The van der Waals surface area contributed by atoms with E-state index in [2.05, 4.69) is 16.6 Å². The first-order valence-electron chi connectivity index (χ1n) is 6.63. The van der Waals surface area contributed by atoms with Crippen LogP contribution in [-0.4, -0.2) is 34.4 Å². The molecule has 8 heteroatoms. The molecule has 0 saturated heterocycles. The number of hydrogen-bond acceptors (Lipinski definition) is 5. The number of unbranched alkanes of at least 4 members (excludes halogenated alkanes) is 3. The van der Waals surface area contributed by atoms with Crippen molar-refractivity contribution in [2.24, 2.45) is 0 Å². The van der Waals surface area contributed by atoms with Crippen molar-refractivity contribution >= 4 is 35.0 Å². The van der Waals surface area contributed by atoms with Crippen LogP contribution in [0.5, 0.6) is 0 Å². The quantitative estimate of drug-likeness (QED) is 0.325. The highest BCUT2D eigenvalue weighted by Crippen LogP contribution is 2.20. The summed E-state index contributed by atoms with van der Waals surface area (Å²) >= 11 is 7.50. The molecule has 116 valence electrons. The van der Waals surface area contributed by atoms with Gasteiger partial charge in [0.1, 0.15) is 16.9 Å². The molecular weight excluding hydrogens is 314 g/mol. The Morgan fingerprint density at radius 1 is 1.43 bits per heavy atom. The first-order chi connectivity index (χ1) is 10.1. The van der Waals surface area contributed by atoms with Crippen LogP contribution in [0.2, 0.25) is 5.15 Å². The fourth-order valence-electron chi connectivity index (χ4n) is 1.77. The van der Waals surface area contributed by atoms with Crippen molar-refractivity contribution < 1.29 is 9.72 Å². The Morgan fingerprint density at radius 3 is 2.81 bits per heavy atom. The Hall–Kier alpha value is -1.34. The SMILES string of the molecule is CSCCCCCCNC(=O)c1cc(Cl)ncc1[N+](=O)[O-]. The van der Waals surface area contributed by atoms with E-state index in [9.17, 15) is 14.9 Å². The zero-order valence-electron chi connectivity index (χ0n) is 11.8.